The molecule has 0 saturated heterocycles. The van der Waals surface area contributed by atoms with E-state index in [4.69, 9.17) is 14.2 Å². The predicted molar refractivity (Wildman–Crippen MR) is 98.0 cm³/mol. The van der Waals surface area contributed by atoms with E-state index in [-0.39, 0.29) is 5.91 Å². The molecule has 0 saturated carbocycles. The Morgan fingerprint density at radius 3 is 2.52 bits per heavy atom. The average Bonchev–Trinajstić information content (AvgIpc) is 2.58. The molecule has 0 bridgehead atoms. The van der Waals surface area contributed by atoms with Crippen LogP contribution in [-0.2, 0) is 4.79 Å². The quantitative estimate of drug-likeness (QED) is 0.707. The largest absolute Gasteiger partial charge is 0.486 e. The van der Waals surface area contributed by atoms with E-state index >= 15 is 0 Å². The molecule has 1 amide bonds. The summed E-state index contributed by atoms with van der Waals surface area (Å²) in [5.74, 6) is 0.825. The normalized spacial score (nSPS) is 13.9. The fourth-order valence-electron chi connectivity index (χ4n) is 2.21. The number of fused-ring (bicyclic) bond motifs is 1. The molecule has 8 heteroatoms. The number of rotatable bonds is 4. The van der Waals surface area contributed by atoms with Crippen LogP contribution in [-0.4, -0.2) is 25.2 Å². The topological polar surface area (TPSA) is 56.8 Å². The van der Waals surface area contributed by atoms with Gasteiger partial charge < -0.3 is 19.5 Å². The number of benzene rings is 2. The molecule has 5 nitrogen and oxygen atoms in total. The van der Waals surface area contributed by atoms with Gasteiger partial charge in [0.2, 0.25) is 0 Å². The molecule has 1 aliphatic rings. The third kappa shape index (κ3) is 4.24. The van der Waals surface area contributed by atoms with Crippen LogP contribution in [0.25, 0.3) is 0 Å². The zero-order valence-corrected chi connectivity index (χ0v) is 16.3. The lowest BCUT2D eigenvalue weighted by molar-refractivity contribution is -0.122. The number of anilines is 1. The van der Waals surface area contributed by atoms with Gasteiger partial charge in [0.25, 0.3) is 5.91 Å². The molecule has 2 aromatic rings. The summed E-state index contributed by atoms with van der Waals surface area (Å²) in [6, 6.07) is 7.44. The number of hydrogen-bond acceptors (Lipinski definition) is 4. The monoisotopic (exact) mass is 473 g/mol. The van der Waals surface area contributed by atoms with Gasteiger partial charge in [-0.3, -0.25) is 4.79 Å². The van der Waals surface area contributed by atoms with Crippen molar-refractivity contribution in [2.24, 2.45) is 0 Å². The summed E-state index contributed by atoms with van der Waals surface area (Å²) < 4.78 is 30.8. The van der Waals surface area contributed by atoms with Crippen molar-refractivity contribution in [3.63, 3.8) is 0 Å². The SMILES string of the molecule is CC(Oc1ccc(F)cc1Br)C(=O)Nc1cc2c(cc1Br)OCCO2. The van der Waals surface area contributed by atoms with E-state index in [1.54, 1.807) is 19.1 Å². The van der Waals surface area contributed by atoms with Gasteiger partial charge in [-0.25, -0.2) is 4.39 Å². The first-order valence-electron chi connectivity index (χ1n) is 7.46. The summed E-state index contributed by atoms with van der Waals surface area (Å²) in [6.45, 7) is 2.56. The van der Waals surface area contributed by atoms with Crippen molar-refractivity contribution in [1.29, 1.82) is 0 Å². The average molecular weight is 475 g/mol. The highest BCUT2D eigenvalue weighted by Crippen LogP contribution is 2.38. The molecule has 0 aliphatic carbocycles. The van der Waals surface area contributed by atoms with Crippen molar-refractivity contribution < 1.29 is 23.4 Å². The van der Waals surface area contributed by atoms with Crippen LogP contribution >= 0.6 is 31.9 Å². The van der Waals surface area contributed by atoms with Crippen LogP contribution in [0.4, 0.5) is 10.1 Å². The fourth-order valence-corrected chi connectivity index (χ4v) is 3.07. The molecule has 1 N–H and O–H groups in total. The Hall–Kier alpha value is -1.80. The maximum atomic E-state index is 13.1. The van der Waals surface area contributed by atoms with Crippen LogP contribution < -0.4 is 19.5 Å². The number of ether oxygens (including phenoxy) is 3. The smallest absolute Gasteiger partial charge is 0.265 e. The van der Waals surface area contributed by atoms with E-state index in [9.17, 15) is 9.18 Å². The molecule has 1 atom stereocenters. The van der Waals surface area contributed by atoms with Crippen molar-refractivity contribution >= 4 is 43.5 Å². The highest BCUT2D eigenvalue weighted by molar-refractivity contribution is 9.11. The Labute approximate surface area is 160 Å². The van der Waals surface area contributed by atoms with Gasteiger partial charge in [0.15, 0.2) is 17.6 Å². The first-order valence-corrected chi connectivity index (χ1v) is 9.04. The third-order valence-corrected chi connectivity index (χ3v) is 4.73. The maximum Gasteiger partial charge on any atom is 0.265 e. The van der Waals surface area contributed by atoms with Crippen molar-refractivity contribution in [3.05, 3.63) is 45.1 Å². The van der Waals surface area contributed by atoms with Crippen LogP contribution in [0.3, 0.4) is 0 Å². The van der Waals surface area contributed by atoms with Crippen LogP contribution in [0, 0.1) is 5.82 Å². The van der Waals surface area contributed by atoms with E-state index in [1.165, 1.54) is 18.2 Å². The fraction of sp³-hybridized carbons (Fsp3) is 0.235. The minimum absolute atomic E-state index is 0.353. The second-order valence-corrected chi connectivity index (χ2v) is 7.01. The highest BCUT2D eigenvalue weighted by Gasteiger charge is 2.20. The highest BCUT2D eigenvalue weighted by atomic mass is 79.9. The van der Waals surface area contributed by atoms with Crippen LogP contribution in [0.15, 0.2) is 39.3 Å². The lowest BCUT2D eigenvalue weighted by atomic mass is 10.2. The van der Waals surface area contributed by atoms with Gasteiger partial charge in [0.05, 0.1) is 10.2 Å². The Kier molecular flexibility index (Phi) is 5.48. The van der Waals surface area contributed by atoms with Gasteiger partial charge in [-0.1, -0.05) is 0 Å². The van der Waals surface area contributed by atoms with Gasteiger partial charge in [0, 0.05) is 16.6 Å². The van der Waals surface area contributed by atoms with E-state index < -0.39 is 11.9 Å². The van der Waals surface area contributed by atoms with Gasteiger partial charge in [-0.15, -0.1) is 0 Å². The summed E-state index contributed by atoms with van der Waals surface area (Å²) in [6.07, 6.45) is -0.790. The number of nitrogens with one attached hydrogen (secondary N) is 1. The molecule has 25 heavy (non-hydrogen) atoms. The zero-order chi connectivity index (χ0) is 18.0. The number of carbonyl (C=O) groups excluding carboxylic acids is 1. The lowest BCUT2D eigenvalue weighted by Gasteiger charge is -2.21. The second kappa shape index (κ2) is 7.61. The van der Waals surface area contributed by atoms with Crippen LogP contribution in [0.2, 0.25) is 0 Å². The third-order valence-electron chi connectivity index (χ3n) is 3.46. The van der Waals surface area contributed by atoms with Crippen LogP contribution in [0.1, 0.15) is 6.92 Å². The van der Waals surface area contributed by atoms with E-state index in [2.05, 4.69) is 37.2 Å². The summed E-state index contributed by atoms with van der Waals surface area (Å²) in [7, 11) is 0. The molecule has 132 valence electrons. The van der Waals surface area contributed by atoms with Crippen molar-refractivity contribution in [2.75, 3.05) is 18.5 Å². The van der Waals surface area contributed by atoms with E-state index in [0.29, 0.717) is 45.1 Å². The minimum Gasteiger partial charge on any atom is -0.486 e. The van der Waals surface area contributed by atoms with Crippen molar-refractivity contribution in [2.45, 2.75) is 13.0 Å². The summed E-state index contributed by atoms with van der Waals surface area (Å²) in [5.41, 5.74) is 0.544. The molecular weight excluding hydrogens is 461 g/mol. The minimum atomic E-state index is -0.790. The molecule has 0 spiro atoms. The Morgan fingerprint density at radius 1 is 1.16 bits per heavy atom. The van der Waals surface area contributed by atoms with Crippen molar-refractivity contribution in [1.82, 2.24) is 0 Å². The Balaban J connectivity index is 1.71. The summed E-state index contributed by atoms with van der Waals surface area (Å²) in [5, 5.41) is 2.78. The molecule has 1 heterocycles. The first-order chi connectivity index (χ1) is 11.9. The molecule has 0 aromatic heterocycles. The molecule has 3 rings (SSSR count). The van der Waals surface area contributed by atoms with Crippen LogP contribution in [0.5, 0.6) is 17.2 Å². The van der Waals surface area contributed by atoms with Gasteiger partial charge >= 0.3 is 0 Å². The second-order valence-electron chi connectivity index (χ2n) is 5.30. The molecule has 2 aromatic carbocycles. The van der Waals surface area contributed by atoms with E-state index in [0.717, 1.165) is 0 Å². The summed E-state index contributed by atoms with van der Waals surface area (Å²) in [4.78, 5) is 12.4. The number of amides is 1. The van der Waals surface area contributed by atoms with Gasteiger partial charge in [0.1, 0.15) is 24.8 Å². The molecule has 1 aliphatic heterocycles. The van der Waals surface area contributed by atoms with E-state index in [1.807, 2.05) is 0 Å². The molecule has 0 fully saturated rings. The van der Waals surface area contributed by atoms with Crippen molar-refractivity contribution in [3.8, 4) is 17.2 Å². The number of carbonyl (C=O) groups is 1. The maximum absolute atomic E-state index is 13.1. The molecule has 0 radical (unpaired) electrons. The summed E-state index contributed by atoms with van der Waals surface area (Å²) >= 11 is 6.61. The number of halogens is 3. The standard InChI is InChI=1S/C17H14Br2FNO4/c1-9(25-14-3-2-10(20)6-12(14)19)17(22)21-13-8-16-15(7-11(13)18)23-4-5-24-16/h2-3,6-9H,4-5H2,1H3,(H,21,22). The lowest BCUT2D eigenvalue weighted by Crippen LogP contribution is -2.30. The van der Waals surface area contributed by atoms with Gasteiger partial charge in [-0.05, 0) is 57.0 Å². The number of hydrogen-bond donors (Lipinski definition) is 1. The Bertz CT molecular complexity index is 815. The predicted octanol–water partition coefficient (Wildman–Crippen LogP) is 4.53. The first kappa shape index (κ1) is 18.0. The molecule has 1 unspecified atom stereocenters. The Morgan fingerprint density at radius 2 is 1.84 bits per heavy atom. The molecular formula is C17H14Br2FNO4. The zero-order valence-electron chi connectivity index (χ0n) is 13.1. The van der Waals surface area contributed by atoms with Gasteiger partial charge in [-0.2, -0.15) is 0 Å².